The first kappa shape index (κ1) is 30.1. The molecule has 206 valence electrons. The van der Waals surface area contributed by atoms with Crippen LogP contribution in [-0.4, -0.2) is 59.6 Å². The summed E-state index contributed by atoms with van der Waals surface area (Å²) in [5, 5.41) is 5.56. The largest absolute Gasteiger partial charge is 0.466 e. The van der Waals surface area contributed by atoms with Crippen molar-refractivity contribution < 1.29 is 28.7 Å². The molecule has 0 heterocycles. The summed E-state index contributed by atoms with van der Waals surface area (Å²) >= 11 is 0. The maximum Gasteiger partial charge on any atom is 0.408 e. The number of carbonyl (C=O) groups excluding carboxylic acids is 4. The number of nitrogens with one attached hydrogen (secondary N) is 2. The third-order valence-electron chi connectivity index (χ3n) is 5.99. The van der Waals surface area contributed by atoms with E-state index in [-0.39, 0.29) is 43.3 Å². The number of hydrogen-bond acceptors (Lipinski definition) is 6. The highest BCUT2D eigenvalue weighted by molar-refractivity contribution is 5.93. The molecule has 2 rings (SSSR count). The molecule has 0 spiro atoms. The zero-order valence-electron chi connectivity index (χ0n) is 23.5. The van der Waals surface area contributed by atoms with E-state index in [9.17, 15) is 19.2 Å². The average molecular weight is 518 g/mol. The van der Waals surface area contributed by atoms with Gasteiger partial charge in [0.05, 0.1) is 13.0 Å². The van der Waals surface area contributed by atoms with Gasteiger partial charge in [0.1, 0.15) is 17.7 Å². The fourth-order valence-corrected chi connectivity index (χ4v) is 4.07. The van der Waals surface area contributed by atoms with Crippen LogP contribution in [0.2, 0.25) is 0 Å². The number of carbonyl (C=O) groups is 4. The van der Waals surface area contributed by atoms with Crippen molar-refractivity contribution in [2.24, 2.45) is 5.92 Å². The molecule has 0 aliphatic heterocycles. The van der Waals surface area contributed by atoms with Gasteiger partial charge in [-0.15, -0.1) is 0 Å². The lowest BCUT2D eigenvalue weighted by atomic mass is 9.94. The third-order valence-corrected chi connectivity index (χ3v) is 5.99. The summed E-state index contributed by atoms with van der Waals surface area (Å²) in [5.41, 5.74) is 1.83. The highest BCUT2D eigenvalue weighted by Crippen LogP contribution is 2.37. The van der Waals surface area contributed by atoms with Gasteiger partial charge < -0.3 is 25.0 Å². The Balaban J connectivity index is 2.41. The van der Waals surface area contributed by atoms with Crippen LogP contribution in [0.4, 0.5) is 4.79 Å². The lowest BCUT2D eigenvalue weighted by molar-refractivity contribution is -0.145. The number of nitrogens with zero attached hydrogens (tertiary/aromatic N) is 1. The summed E-state index contributed by atoms with van der Waals surface area (Å²) in [4.78, 5) is 53.7. The molecule has 37 heavy (non-hydrogen) atoms. The van der Waals surface area contributed by atoms with Crippen LogP contribution in [0, 0.1) is 19.8 Å². The molecule has 2 N–H and O–H groups in total. The van der Waals surface area contributed by atoms with Gasteiger partial charge in [-0.05, 0) is 71.4 Å². The van der Waals surface area contributed by atoms with E-state index >= 15 is 0 Å². The molecule has 1 aromatic carbocycles. The van der Waals surface area contributed by atoms with Crippen molar-refractivity contribution in [2.75, 3.05) is 13.2 Å². The number of esters is 1. The minimum absolute atomic E-state index is 0.0330. The zero-order chi connectivity index (χ0) is 27.9. The summed E-state index contributed by atoms with van der Waals surface area (Å²) in [6.45, 7) is 14.9. The van der Waals surface area contributed by atoms with E-state index in [0.29, 0.717) is 5.56 Å². The van der Waals surface area contributed by atoms with E-state index < -0.39 is 29.7 Å². The number of alkyl carbamates (subject to hydrolysis) is 1. The Labute approximate surface area is 220 Å². The Morgan fingerprint density at radius 1 is 1.11 bits per heavy atom. The van der Waals surface area contributed by atoms with Crippen LogP contribution in [0.5, 0.6) is 0 Å². The Kier molecular flexibility index (Phi) is 10.5. The van der Waals surface area contributed by atoms with E-state index in [1.807, 2.05) is 45.9 Å². The molecule has 3 amide bonds. The van der Waals surface area contributed by atoms with Crippen molar-refractivity contribution in [2.45, 2.75) is 98.4 Å². The summed E-state index contributed by atoms with van der Waals surface area (Å²) in [5.74, 6) is -1.36. The topological polar surface area (TPSA) is 114 Å². The summed E-state index contributed by atoms with van der Waals surface area (Å²) in [6, 6.07) is 3.88. The van der Waals surface area contributed by atoms with Gasteiger partial charge >= 0.3 is 12.1 Å². The smallest absolute Gasteiger partial charge is 0.408 e. The Bertz CT molecular complexity index is 981. The molecule has 1 aliphatic carbocycles. The Morgan fingerprint density at radius 3 is 2.30 bits per heavy atom. The van der Waals surface area contributed by atoms with Crippen LogP contribution >= 0.6 is 0 Å². The molecule has 0 radical (unpaired) electrons. The number of hydrogen-bond donors (Lipinski definition) is 2. The van der Waals surface area contributed by atoms with Gasteiger partial charge in [0.15, 0.2) is 0 Å². The van der Waals surface area contributed by atoms with Crippen LogP contribution in [0.15, 0.2) is 18.2 Å². The monoisotopic (exact) mass is 517 g/mol. The molecule has 9 nitrogen and oxygen atoms in total. The number of benzene rings is 1. The predicted molar refractivity (Wildman–Crippen MR) is 141 cm³/mol. The van der Waals surface area contributed by atoms with E-state index in [1.54, 1.807) is 32.6 Å². The quantitative estimate of drug-likeness (QED) is 0.430. The first-order valence-electron chi connectivity index (χ1n) is 13.1. The fraction of sp³-hybridized carbons (Fsp3) is 0.643. The predicted octanol–water partition coefficient (Wildman–Crippen LogP) is 3.95. The summed E-state index contributed by atoms with van der Waals surface area (Å²) in [6.07, 6.45) is 0.879. The lowest BCUT2D eigenvalue weighted by Crippen LogP contribution is -2.55. The van der Waals surface area contributed by atoms with E-state index in [0.717, 1.165) is 24.0 Å². The van der Waals surface area contributed by atoms with Gasteiger partial charge in [0.2, 0.25) is 11.8 Å². The number of amides is 3. The second kappa shape index (κ2) is 12.9. The van der Waals surface area contributed by atoms with Gasteiger partial charge in [-0.2, -0.15) is 0 Å². The average Bonchev–Trinajstić information content (AvgIpc) is 3.61. The van der Waals surface area contributed by atoms with Crippen molar-refractivity contribution in [3.05, 3.63) is 34.9 Å². The molecule has 0 aromatic heterocycles. The molecule has 9 heteroatoms. The van der Waals surface area contributed by atoms with Crippen molar-refractivity contribution in [1.82, 2.24) is 15.5 Å². The fourth-order valence-electron chi connectivity index (χ4n) is 4.07. The lowest BCUT2D eigenvalue weighted by Gasteiger charge is -2.36. The van der Waals surface area contributed by atoms with Gasteiger partial charge in [-0.1, -0.05) is 37.6 Å². The molecule has 0 bridgehead atoms. The van der Waals surface area contributed by atoms with Gasteiger partial charge in [0.25, 0.3) is 0 Å². The summed E-state index contributed by atoms with van der Waals surface area (Å²) in [7, 11) is 0. The molecular formula is C28H43N3O6. The van der Waals surface area contributed by atoms with E-state index in [2.05, 4.69) is 10.6 Å². The van der Waals surface area contributed by atoms with Crippen molar-refractivity contribution in [3.8, 4) is 0 Å². The highest BCUT2D eigenvalue weighted by atomic mass is 16.6. The van der Waals surface area contributed by atoms with Crippen LogP contribution in [0.1, 0.15) is 83.5 Å². The van der Waals surface area contributed by atoms with Crippen molar-refractivity contribution >= 4 is 23.9 Å². The first-order valence-corrected chi connectivity index (χ1v) is 13.1. The molecule has 0 saturated heterocycles. The minimum Gasteiger partial charge on any atom is -0.466 e. The van der Waals surface area contributed by atoms with E-state index in [4.69, 9.17) is 9.47 Å². The van der Waals surface area contributed by atoms with Crippen LogP contribution in [0.25, 0.3) is 0 Å². The standard InChI is InChI=1S/C28H43N3O6/c1-9-36-22(32)14-15-29-25(33)24(21-16-18(4)10-11-19(21)5)31(20-12-13-20)26(34)23(17(2)3)30-27(35)37-28(6,7)8/h10-11,16-17,20,23-24H,9,12-15H2,1-8H3,(H,29,33)(H,30,35). The third kappa shape index (κ3) is 9.05. The normalized spacial score (nSPS) is 14.9. The maximum absolute atomic E-state index is 14.1. The minimum atomic E-state index is -0.913. The Hall–Kier alpha value is -3.10. The van der Waals surface area contributed by atoms with Gasteiger partial charge in [-0.25, -0.2) is 4.79 Å². The second-order valence-corrected chi connectivity index (χ2v) is 11.0. The number of ether oxygens (including phenoxy) is 2. The molecule has 1 saturated carbocycles. The Morgan fingerprint density at radius 2 is 1.76 bits per heavy atom. The van der Waals surface area contributed by atoms with Crippen LogP contribution < -0.4 is 10.6 Å². The molecule has 2 atom stereocenters. The summed E-state index contributed by atoms with van der Waals surface area (Å²) < 4.78 is 10.4. The maximum atomic E-state index is 14.1. The van der Waals surface area contributed by atoms with Crippen LogP contribution in [0.3, 0.4) is 0 Å². The second-order valence-electron chi connectivity index (χ2n) is 11.0. The highest BCUT2D eigenvalue weighted by Gasteiger charge is 2.45. The molecule has 1 fully saturated rings. The zero-order valence-corrected chi connectivity index (χ0v) is 23.5. The van der Waals surface area contributed by atoms with Crippen molar-refractivity contribution in [3.63, 3.8) is 0 Å². The molecule has 1 aliphatic rings. The molecule has 2 unspecified atom stereocenters. The number of rotatable bonds is 11. The van der Waals surface area contributed by atoms with E-state index in [1.165, 1.54) is 0 Å². The van der Waals surface area contributed by atoms with Crippen molar-refractivity contribution in [1.29, 1.82) is 0 Å². The molecule has 1 aromatic rings. The van der Waals surface area contributed by atoms with Gasteiger partial charge in [0, 0.05) is 12.6 Å². The SMILES string of the molecule is CCOC(=O)CCNC(=O)C(c1cc(C)ccc1C)N(C(=O)C(NC(=O)OC(C)(C)C)C(C)C)C1CC1. The van der Waals surface area contributed by atoms with Gasteiger partial charge in [-0.3, -0.25) is 14.4 Å². The molecular weight excluding hydrogens is 474 g/mol. The number of aryl methyl sites for hydroxylation is 2. The van der Waals surface area contributed by atoms with Crippen LogP contribution in [-0.2, 0) is 23.9 Å². The first-order chi connectivity index (χ1) is 17.2.